The van der Waals surface area contributed by atoms with Gasteiger partial charge in [-0.15, -0.1) is 0 Å². The molecule has 1 aromatic carbocycles. The Morgan fingerprint density at radius 1 is 1.38 bits per heavy atom. The first kappa shape index (κ1) is 11.3. The number of hydrogen-bond acceptors (Lipinski definition) is 2. The third kappa shape index (κ3) is 1.88. The maximum atomic E-state index is 6.09. The summed E-state index contributed by atoms with van der Waals surface area (Å²) < 4.78 is 1.85. The number of imidazole rings is 1. The van der Waals surface area contributed by atoms with Crippen LogP contribution in [0.15, 0.2) is 24.5 Å². The lowest BCUT2D eigenvalue weighted by Crippen LogP contribution is -1.99. The number of rotatable bonds is 2. The Balaban J connectivity index is 2.58. The number of nitrogens with zero attached hydrogens (tertiary/aromatic N) is 2. The van der Waals surface area contributed by atoms with Crippen molar-refractivity contribution in [1.29, 1.82) is 0 Å². The van der Waals surface area contributed by atoms with Crippen LogP contribution in [0, 0.1) is 0 Å². The Bertz CT molecular complexity index is 520. The number of hydrogen-bond donors (Lipinski definition) is 1. The molecule has 0 spiro atoms. The van der Waals surface area contributed by atoms with Gasteiger partial charge in [-0.05, 0) is 25.1 Å². The van der Waals surface area contributed by atoms with Crippen LogP contribution < -0.4 is 5.73 Å². The molecule has 2 rings (SSSR count). The van der Waals surface area contributed by atoms with E-state index in [9.17, 15) is 0 Å². The molecule has 16 heavy (non-hydrogen) atoms. The van der Waals surface area contributed by atoms with Gasteiger partial charge in [0.25, 0.3) is 0 Å². The molecule has 0 aliphatic heterocycles. The van der Waals surface area contributed by atoms with Gasteiger partial charge in [-0.3, -0.25) is 0 Å². The van der Waals surface area contributed by atoms with Crippen LogP contribution in [0.2, 0.25) is 10.0 Å². The highest BCUT2D eigenvalue weighted by atomic mass is 35.5. The zero-order valence-electron chi connectivity index (χ0n) is 8.74. The second kappa shape index (κ2) is 4.36. The van der Waals surface area contributed by atoms with E-state index in [1.54, 1.807) is 24.5 Å². The SMILES string of the molecule is CCn1cnc(-c2cc(Cl)ccc2Cl)c1N. The standard InChI is InChI=1S/C11H11Cl2N3/c1-2-16-6-15-10(11(16)14)8-5-7(12)3-4-9(8)13/h3-6H,2,14H2,1H3. The molecule has 84 valence electrons. The molecule has 2 N–H and O–H groups in total. The average Bonchev–Trinajstić information content (AvgIpc) is 2.63. The first-order chi connectivity index (χ1) is 7.63. The normalized spacial score (nSPS) is 10.7. The van der Waals surface area contributed by atoms with E-state index >= 15 is 0 Å². The number of anilines is 1. The van der Waals surface area contributed by atoms with Crippen molar-refractivity contribution >= 4 is 29.0 Å². The summed E-state index contributed by atoms with van der Waals surface area (Å²) in [6.45, 7) is 2.78. The number of aromatic nitrogens is 2. The first-order valence-electron chi connectivity index (χ1n) is 4.89. The molecule has 0 saturated heterocycles. The van der Waals surface area contributed by atoms with Crippen molar-refractivity contribution in [1.82, 2.24) is 9.55 Å². The lowest BCUT2D eigenvalue weighted by atomic mass is 10.1. The summed E-state index contributed by atoms with van der Waals surface area (Å²) >= 11 is 12.0. The fraction of sp³-hybridized carbons (Fsp3) is 0.182. The lowest BCUT2D eigenvalue weighted by Gasteiger charge is -2.04. The smallest absolute Gasteiger partial charge is 0.131 e. The number of aryl methyl sites for hydroxylation is 1. The summed E-state index contributed by atoms with van der Waals surface area (Å²) in [5, 5.41) is 1.21. The molecule has 0 aliphatic rings. The van der Waals surface area contributed by atoms with Gasteiger partial charge in [0, 0.05) is 17.1 Å². The van der Waals surface area contributed by atoms with Crippen molar-refractivity contribution in [3.63, 3.8) is 0 Å². The highest BCUT2D eigenvalue weighted by molar-refractivity contribution is 6.35. The maximum absolute atomic E-state index is 6.09. The van der Waals surface area contributed by atoms with E-state index in [1.165, 1.54) is 0 Å². The molecule has 3 nitrogen and oxygen atoms in total. The van der Waals surface area contributed by atoms with Gasteiger partial charge in [-0.2, -0.15) is 0 Å². The average molecular weight is 256 g/mol. The molecule has 1 aromatic heterocycles. The molecule has 1 heterocycles. The van der Waals surface area contributed by atoms with E-state index < -0.39 is 0 Å². The highest BCUT2D eigenvalue weighted by Crippen LogP contribution is 2.32. The number of benzene rings is 1. The minimum absolute atomic E-state index is 0.595. The fourth-order valence-corrected chi connectivity index (χ4v) is 1.91. The second-order valence-electron chi connectivity index (χ2n) is 3.39. The van der Waals surface area contributed by atoms with E-state index in [2.05, 4.69) is 4.98 Å². The largest absolute Gasteiger partial charge is 0.383 e. The molecule has 0 bridgehead atoms. The van der Waals surface area contributed by atoms with E-state index in [1.807, 2.05) is 11.5 Å². The van der Waals surface area contributed by atoms with Crippen molar-refractivity contribution in [2.75, 3.05) is 5.73 Å². The monoisotopic (exact) mass is 255 g/mol. The molecule has 0 fully saturated rings. The molecule has 0 radical (unpaired) electrons. The maximum Gasteiger partial charge on any atom is 0.131 e. The van der Waals surface area contributed by atoms with Crippen LogP contribution >= 0.6 is 23.2 Å². The summed E-state index contributed by atoms with van der Waals surface area (Å²) in [4.78, 5) is 4.25. The predicted octanol–water partition coefficient (Wildman–Crippen LogP) is 3.46. The summed E-state index contributed by atoms with van der Waals surface area (Å²) in [5.41, 5.74) is 7.40. The Labute approximate surface area is 104 Å². The van der Waals surface area contributed by atoms with Crippen LogP contribution in [0.4, 0.5) is 5.82 Å². The van der Waals surface area contributed by atoms with E-state index in [0.29, 0.717) is 21.6 Å². The summed E-state index contributed by atoms with van der Waals surface area (Å²) in [6, 6.07) is 5.24. The van der Waals surface area contributed by atoms with Crippen LogP contribution in [-0.2, 0) is 6.54 Å². The summed E-state index contributed by atoms with van der Waals surface area (Å²) in [6.07, 6.45) is 1.70. The lowest BCUT2D eigenvalue weighted by molar-refractivity contribution is 0.771. The van der Waals surface area contributed by atoms with Crippen LogP contribution in [0.5, 0.6) is 0 Å². The Hall–Kier alpha value is -1.19. The van der Waals surface area contributed by atoms with Crippen LogP contribution in [0.25, 0.3) is 11.3 Å². The van der Waals surface area contributed by atoms with E-state index in [-0.39, 0.29) is 0 Å². The number of halogens is 2. The third-order valence-corrected chi connectivity index (χ3v) is 2.97. The molecule has 5 heteroatoms. The Kier molecular flexibility index (Phi) is 3.08. The topological polar surface area (TPSA) is 43.8 Å². The van der Waals surface area contributed by atoms with Gasteiger partial charge in [0.05, 0.1) is 11.3 Å². The fourth-order valence-electron chi connectivity index (χ4n) is 1.53. The molecular weight excluding hydrogens is 245 g/mol. The van der Waals surface area contributed by atoms with Crippen molar-refractivity contribution in [3.8, 4) is 11.3 Å². The second-order valence-corrected chi connectivity index (χ2v) is 4.23. The van der Waals surface area contributed by atoms with Crippen molar-refractivity contribution in [3.05, 3.63) is 34.6 Å². The summed E-state index contributed by atoms with van der Waals surface area (Å²) in [7, 11) is 0. The van der Waals surface area contributed by atoms with Gasteiger partial charge in [-0.1, -0.05) is 23.2 Å². The molecule has 0 saturated carbocycles. The quantitative estimate of drug-likeness (QED) is 0.894. The molecule has 0 unspecified atom stereocenters. The van der Waals surface area contributed by atoms with Crippen molar-refractivity contribution in [2.24, 2.45) is 0 Å². The molecule has 0 amide bonds. The van der Waals surface area contributed by atoms with Gasteiger partial charge < -0.3 is 10.3 Å². The zero-order chi connectivity index (χ0) is 11.7. The molecule has 0 aliphatic carbocycles. The number of nitrogens with two attached hydrogens (primary N) is 1. The minimum atomic E-state index is 0.595. The predicted molar refractivity (Wildman–Crippen MR) is 67.8 cm³/mol. The first-order valence-corrected chi connectivity index (χ1v) is 5.65. The van der Waals surface area contributed by atoms with Crippen LogP contribution in [-0.4, -0.2) is 9.55 Å². The highest BCUT2D eigenvalue weighted by Gasteiger charge is 2.12. The molecule has 2 aromatic rings. The van der Waals surface area contributed by atoms with E-state index in [4.69, 9.17) is 28.9 Å². The number of nitrogen functional groups attached to an aromatic ring is 1. The van der Waals surface area contributed by atoms with Gasteiger partial charge in [0.15, 0.2) is 0 Å². The van der Waals surface area contributed by atoms with E-state index in [0.717, 1.165) is 12.1 Å². The van der Waals surface area contributed by atoms with Crippen molar-refractivity contribution in [2.45, 2.75) is 13.5 Å². The Morgan fingerprint density at radius 2 is 2.12 bits per heavy atom. The van der Waals surface area contributed by atoms with Gasteiger partial charge in [0.1, 0.15) is 11.5 Å². The van der Waals surface area contributed by atoms with Crippen LogP contribution in [0.1, 0.15) is 6.92 Å². The minimum Gasteiger partial charge on any atom is -0.383 e. The van der Waals surface area contributed by atoms with Gasteiger partial charge in [-0.25, -0.2) is 4.98 Å². The van der Waals surface area contributed by atoms with Gasteiger partial charge >= 0.3 is 0 Å². The van der Waals surface area contributed by atoms with Crippen LogP contribution in [0.3, 0.4) is 0 Å². The Morgan fingerprint density at radius 3 is 2.75 bits per heavy atom. The summed E-state index contributed by atoms with van der Waals surface area (Å²) in [5.74, 6) is 0.603. The van der Waals surface area contributed by atoms with Crippen molar-refractivity contribution < 1.29 is 0 Å². The zero-order valence-corrected chi connectivity index (χ0v) is 10.3. The van der Waals surface area contributed by atoms with Gasteiger partial charge in [0.2, 0.25) is 0 Å². The third-order valence-electron chi connectivity index (χ3n) is 2.40. The molecule has 0 atom stereocenters. The molecular formula is C11H11Cl2N3.